The molecule has 0 aliphatic heterocycles. The maximum absolute atomic E-state index is 10.5. The molecule has 3 nitrogen and oxygen atoms in total. The first-order valence-corrected chi connectivity index (χ1v) is 3.70. The van der Waals surface area contributed by atoms with Crippen molar-refractivity contribution in [2.75, 3.05) is 0 Å². The molecule has 1 fully saturated rings. The number of rotatable bonds is 1. The highest BCUT2D eigenvalue weighted by Gasteiger charge is 2.27. The van der Waals surface area contributed by atoms with Crippen LogP contribution in [-0.4, -0.2) is 17.1 Å². The quantitative estimate of drug-likeness (QED) is 0.632. The van der Waals surface area contributed by atoms with E-state index in [2.05, 4.69) is 0 Å². The minimum absolute atomic E-state index is 0. The zero-order chi connectivity index (χ0) is 7.56. The second-order valence-corrected chi connectivity index (χ2v) is 2.89. The average molecular weight is 180 g/mol. The van der Waals surface area contributed by atoms with Crippen LogP contribution in [-0.2, 0) is 4.79 Å². The van der Waals surface area contributed by atoms with Gasteiger partial charge in [0, 0.05) is 6.04 Å². The summed E-state index contributed by atoms with van der Waals surface area (Å²) in [5, 5.41) is 8.63. The van der Waals surface area contributed by atoms with E-state index in [9.17, 15) is 4.79 Å². The van der Waals surface area contributed by atoms with Gasteiger partial charge in [0.05, 0.1) is 5.92 Å². The third-order valence-electron chi connectivity index (χ3n) is 2.14. The van der Waals surface area contributed by atoms with E-state index < -0.39 is 5.97 Å². The van der Waals surface area contributed by atoms with Gasteiger partial charge in [-0.15, -0.1) is 12.4 Å². The molecule has 0 unspecified atom stereocenters. The maximum atomic E-state index is 10.5. The molecule has 1 aliphatic rings. The smallest absolute Gasteiger partial charge is 0.308 e. The van der Waals surface area contributed by atoms with Crippen LogP contribution in [0.1, 0.15) is 25.7 Å². The number of halogens is 1. The Balaban J connectivity index is 0.000001000. The predicted octanol–water partition coefficient (Wildman–Crippen LogP) is 1.01. The number of carbonyl (C=O) groups is 1. The molecule has 1 saturated carbocycles. The molecule has 0 bridgehead atoms. The van der Waals surface area contributed by atoms with Gasteiger partial charge in [-0.1, -0.05) is 12.8 Å². The Morgan fingerprint density at radius 2 is 1.91 bits per heavy atom. The topological polar surface area (TPSA) is 63.3 Å². The van der Waals surface area contributed by atoms with E-state index in [0.29, 0.717) is 0 Å². The van der Waals surface area contributed by atoms with Crippen LogP contribution in [0.4, 0.5) is 0 Å². The summed E-state index contributed by atoms with van der Waals surface area (Å²) < 4.78 is 0. The van der Waals surface area contributed by atoms with Crippen molar-refractivity contribution in [1.29, 1.82) is 0 Å². The molecule has 0 heterocycles. The van der Waals surface area contributed by atoms with Crippen LogP contribution in [0.5, 0.6) is 0 Å². The lowest BCUT2D eigenvalue weighted by Gasteiger charge is -2.24. The van der Waals surface area contributed by atoms with Crippen LogP contribution < -0.4 is 5.73 Å². The molecule has 0 saturated heterocycles. The molecule has 3 N–H and O–H groups in total. The van der Waals surface area contributed by atoms with Crippen LogP contribution in [0.15, 0.2) is 0 Å². The van der Waals surface area contributed by atoms with E-state index in [-0.39, 0.29) is 24.4 Å². The summed E-state index contributed by atoms with van der Waals surface area (Å²) in [5.41, 5.74) is 5.60. The lowest BCUT2D eigenvalue weighted by atomic mass is 9.85. The van der Waals surface area contributed by atoms with Gasteiger partial charge in [0.1, 0.15) is 0 Å². The van der Waals surface area contributed by atoms with Crippen molar-refractivity contribution in [3.8, 4) is 0 Å². The Morgan fingerprint density at radius 1 is 1.36 bits per heavy atom. The average Bonchev–Trinajstić information content (AvgIpc) is 1.88. The van der Waals surface area contributed by atoms with Crippen molar-refractivity contribution in [2.24, 2.45) is 11.7 Å². The van der Waals surface area contributed by atoms with Crippen molar-refractivity contribution in [1.82, 2.24) is 0 Å². The lowest BCUT2D eigenvalue weighted by Crippen LogP contribution is -2.37. The first-order valence-electron chi connectivity index (χ1n) is 3.70. The molecule has 0 aromatic rings. The molecule has 2 atom stereocenters. The fourth-order valence-electron chi connectivity index (χ4n) is 1.47. The highest BCUT2D eigenvalue weighted by atomic mass is 35.5. The molecule has 4 heteroatoms. The van der Waals surface area contributed by atoms with E-state index in [4.69, 9.17) is 10.8 Å². The second-order valence-electron chi connectivity index (χ2n) is 2.89. The lowest BCUT2D eigenvalue weighted by molar-refractivity contribution is -0.143. The van der Waals surface area contributed by atoms with E-state index in [0.717, 1.165) is 25.7 Å². The van der Waals surface area contributed by atoms with Crippen molar-refractivity contribution < 1.29 is 9.90 Å². The van der Waals surface area contributed by atoms with Crippen molar-refractivity contribution in [3.05, 3.63) is 0 Å². The molecular weight excluding hydrogens is 166 g/mol. The zero-order valence-electron chi connectivity index (χ0n) is 6.32. The Kier molecular flexibility index (Phi) is 4.45. The van der Waals surface area contributed by atoms with Crippen molar-refractivity contribution in [2.45, 2.75) is 31.7 Å². The van der Waals surface area contributed by atoms with Gasteiger partial charge in [-0.25, -0.2) is 0 Å². The van der Waals surface area contributed by atoms with Crippen molar-refractivity contribution >= 4 is 18.4 Å². The molecule has 0 radical (unpaired) electrons. The van der Waals surface area contributed by atoms with Crippen LogP contribution >= 0.6 is 12.4 Å². The van der Waals surface area contributed by atoms with Gasteiger partial charge in [-0.05, 0) is 12.8 Å². The van der Waals surface area contributed by atoms with Crippen LogP contribution in [0.2, 0.25) is 0 Å². The minimum atomic E-state index is -0.729. The summed E-state index contributed by atoms with van der Waals surface area (Å²) in [6.07, 6.45) is 3.74. The first kappa shape index (κ1) is 10.7. The van der Waals surface area contributed by atoms with Gasteiger partial charge >= 0.3 is 5.97 Å². The molecule has 0 spiro atoms. The van der Waals surface area contributed by atoms with Gasteiger partial charge in [0.15, 0.2) is 0 Å². The molecular formula is C7H14ClNO2. The fourth-order valence-corrected chi connectivity index (χ4v) is 1.47. The molecule has 11 heavy (non-hydrogen) atoms. The first-order chi connectivity index (χ1) is 4.72. The number of hydrogen-bond acceptors (Lipinski definition) is 2. The second kappa shape index (κ2) is 4.57. The normalized spacial score (nSPS) is 30.6. The van der Waals surface area contributed by atoms with E-state index in [1.54, 1.807) is 0 Å². The standard InChI is InChI=1S/C7H13NO2.ClH/c8-6-4-2-1-3-5(6)7(9)10;/h5-6H,1-4,8H2,(H,9,10);1H/t5-,6+;/m1./s1. The van der Waals surface area contributed by atoms with Gasteiger partial charge < -0.3 is 10.8 Å². The number of hydrogen-bond donors (Lipinski definition) is 2. The van der Waals surface area contributed by atoms with Gasteiger partial charge in [-0.3, -0.25) is 4.79 Å². The third kappa shape index (κ3) is 2.67. The third-order valence-corrected chi connectivity index (χ3v) is 2.14. The highest BCUT2D eigenvalue weighted by Crippen LogP contribution is 2.22. The largest absolute Gasteiger partial charge is 0.481 e. The molecule has 1 aliphatic carbocycles. The van der Waals surface area contributed by atoms with E-state index in [1.165, 1.54) is 0 Å². The summed E-state index contributed by atoms with van der Waals surface area (Å²) in [6, 6.07) is -0.105. The summed E-state index contributed by atoms with van der Waals surface area (Å²) >= 11 is 0. The zero-order valence-corrected chi connectivity index (χ0v) is 7.14. The number of carboxylic acid groups (broad SMARTS) is 1. The Morgan fingerprint density at radius 3 is 2.27 bits per heavy atom. The van der Waals surface area contributed by atoms with Crippen LogP contribution in [0.25, 0.3) is 0 Å². The molecule has 0 aromatic carbocycles. The van der Waals surface area contributed by atoms with Gasteiger partial charge in [-0.2, -0.15) is 0 Å². The summed E-state index contributed by atoms with van der Waals surface area (Å²) in [5.74, 6) is -1.01. The predicted molar refractivity (Wildman–Crippen MR) is 44.8 cm³/mol. The summed E-state index contributed by atoms with van der Waals surface area (Å²) in [6.45, 7) is 0. The fraction of sp³-hybridized carbons (Fsp3) is 0.857. The van der Waals surface area contributed by atoms with Crippen molar-refractivity contribution in [3.63, 3.8) is 0 Å². The Bertz CT molecular complexity index is 140. The SMILES string of the molecule is Cl.N[C@H]1CCCC[C@H]1C(=O)O. The number of carboxylic acids is 1. The summed E-state index contributed by atoms with van der Waals surface area (Å²) in [4.78, 5) is 10.5. The monoisotopic (exact) mass is 179 g/mol. The van der Waals surface area contributed by atoms with E-state index in [1.807, 2.05) is 0 Å². The van der Waals surface area contributed by atoms with Crippen LogP contribution in [0, 0.1) is 5.92 Å². The van der Waals surface area contributed by atoms with Gasteiger partial charge in [0.25, 0.3) is 0 Å². The van der Waals surface area contributed by atoms with E-state index >= 15 is 0 Å². The Labute approximate surface area is 72.4 Å². The maximum Gasteiger partial charge on any atom is 0.308 e. The summed E-state index contributed by atoms with van der Waals surface area (Å²) in [7, 11) is 0. The Hall–Kier alpha value is -0.280. The molecule has 0 amide bonds. The minimum Gasteiger partial charge on any atom is -0.481 e. The molecule has 66 valence electrons. The van der Waals surface area contributed by atoms with Gasteiger partial charge in [0.2, 0.25) is 0 Å². The van der Waals surface area contributed by atoms with Crippen LogP contribution in [0.3, 0.4) is 0 Å². The molecule has 0 aromatic heterocycles. The number of nitrogens with two attached hydrogens (primary N) is 1. The highest BCUT2D eigenvalue weighted by molar-refractivity contribution is 5.85. The number of aliphatic carboxylic acids is 1. The molecule has 1 rings (SSSR count).